The van der Waals surface area contributed by atoms with E-state index < -0.39 is 0 Å². The van der Waals surface area contributed by atoms with Crippen molar-refractivity contribution in [1.29, 1.82) is 0 Å². The molecule has 10 heavy (non-hydrogen) atoms. The van der Waals surface area contributed by atoms with E-state index in [1.165, 1.54) is 32.2 Å². The summed E-state index contributed by atoms with van der Waals surface area (Å²) < 4.78 is 0. The van der Waals surface area contributed by atoms with Crippen molar-refractivity contribution in [2.24, 2.45) is 5.92 Å². The standard InChI is InChI=1S/C9H15N/c1-2-4-9(3-1)10-7-8-5-6-8/h1-2,8-10H,3-7H2. The minimum absolute atomic E-state index is 0.778. The van der Waals surface area contributed by atoms with Gasteiger partial charge in [-0.25, -0.2) is 0 Å². The van der Waals surface area contributed by atoms with E-state index in [0.29, 0.717) is 0 Å². The average Bonchev–Trinajstić information content (AvgIpc) is 2.63. The van der Waals surface area contributed by atoms with Gasteiger partial charge in [-0.3, -0.25) is 0 Å². The molecule has 0 heterocycles. The van der Waals surface area contributed by atoms with Crippen molar-refractivity contribution < 1.29 is 0 Å². The molecule has 0 aromatic heterocycles. The summed E-state index contributed by atoms with van der Waals surface area (Å²) in [4.78, 5) is 0. The van der Waals surface area contributed by atoms with E-state index in [4.69, 9.17) is 0 Å². The lowest BCUT2D eigenvalue weighted by Crippen LogP contribution is -2.28. The van der Waals surface area contributed by atoms with E-state index in [0.717, 1.165) is 12.0 Å². The zero-order valence-electron chi connectivity index (χ0n) is 6.34. The second-order valence-corrected chi connectivity index (χ2v) is 3.49. The molecule has 1 heteroatoms. The Morgan fingerprint density at radius 2 is 1.90 bits per heavy atom. The summed E-state index contributed by atoms with van der Waals surface area (Å²) in [6, 6.07) is 0.778. The highest BCUT2D eigenvalue weighted by Crippen LogP contribution is 2.28. The third kappa shape index (κ3) is 1.60. The Morgan fingerprint density at radius 3 is 2.50 bits per heavy atom. The highest BCUT2D eigenvalue weighted by molar-refractivity contribution is 4.98. The molecule has 0 atom stereocenters. The molecule has 0 bridgehead atoms. The van der Waals surface area contributed by atoms with Crippen LogP contribution in [0, 0.1) is 5.92 Å². The first-order chi connectivity index (χ1) is 4.95. The molecule has 0 aliphatic heterocycles. The zero-order chi connectivity index (χ0) is 6.81. The van der Waals surface area contributed by atoms with Gasteiger partial charge in [-0.05, 0) is 38.1 Å². The Balaban J connectivity index is 1.61. The molecule has 0 amide bonds. The Hall–Kier alpha value is -0.300. The highest BCUT2D eigenvalue weighted by Gasteiger charge is 2.22. The lowest BCUT2D eigenvalue weighted by Gasteiger charge is -2.10. The van der Waals surface area contributed by atoms with Crippen molar-refractivity contribution in [2.45, 2.75) is 31.7 Å². The van der Waals surface area contributed by atoms with Gasteiger partial charge in [0, 0.05) is 6.04 Å². The van der Waals surface area contributed by atoms with Crippen LogP contribution in [0.15, 0.2) is 12.2 Å². The number of hydrogen-bond donors (Lipinski definition) is 1. The summed E-state index contributed by atoms with van der Waals surface area (Å²) in [6.45, 7) is 1.27. The van der Waals surface area contributed by atoms with Crippen LogP contribution in [0.1, 0.15) is 25.7 Å². The van der Waals surface area contributed by atoms with Crippen molar-refractivity contribution in [3.8, 4) is 0 Å². The summed E-state index contributed by atoms with van der Waals surface area (Å²) >= 11 is 0. The summed E-state index contributed by atoms with van der Waals surface area (Å²) in [5, 5.41) is 3.58. The van der Waals surface area contributed by atoms with E-state index in [1.807, 2.05) is 0 Å². The molecule has 1 nitrogen and oxygen atoms in total. The van der Waals surface area contributed by atoms with E-state index in [2.05, 4.69) is 17.5 Å². The van der Waals surface area contributed by atoms with Crippen LogP contribution in [0.25, 0.3) is 0 Å². The maximum atomic E-state index is 3.58. The van der Waals surface area contributed by atoms with Crippen molar-refractivity contribution in [2.75, 3.05) is 6.54 Å². The first-order valence-corrected chi connectivity index (χ1v) is 4.33. The molecular weight excluding hydrogens is 122 g/mol. The Kier molecular flexibility index (Phi) is 1.76. The zero-order valence-corrected chi connectivity index (χ0v) is 6.34. The molecule has 1 N–H and O–H groups in total. The van der Waals surface area contributed by atoms with Crippen LogP contribution >= 0.6 is 0 Å². The molecule has 2 aliphatic carbocycles. The quantitative estimate of drug-likeness (QED) is 0.584. The molecule has 0 spiro atoms. The molecule has 0 unspecified atom stereocenters. The molecular formula is C9H15N. The van der Waals surface area contributed by atoms with Crippen LogP contribution in [0.2, 0.25) is 0 Å². The molecule has 2 aliphatic rings. The van der Waals surface area contributed by atoms with Gasteiger partial charge in [0.2, 0.25) is 0 Å². The first-order valence-electron chi connectivity index (χ1n) is 4.33. The normalized spacial score (nSPS) is 26.0. The number of hydrogen-bond acceptors (Lipinski definition) is 1. The van der Waals surface area contributed by atoms with E-state index in [1.54, 1.807) is 0 Å². The largest absolute Gasteiger partial charge is 0.313 e. The van der Waals surface area contributed by atoms with Crippen molar-refractivity contribution >= 4 is 0 Å². The molecule has 0 radical (unpaired) electrons. The monoisotopic (exact) mass is 137 g/mol. The van der Waals surface area contributed by atoms with Crippen molar-refractivity contribution in [1.82, 2.24) is 5.32 Å². The van der Waals surface area contributed by atoms with Gasteiger partial charge in [0.05, 0.1) is 0 Å². The second-order valence-electron chi connectivity index (χ2n) is 3.49. The minimum atomic E-state index is 0.778. The minimum Gasteiger partial charge on any atom is -0.313 e. The fourth-order valence-corrected chi connectivity index (χ4v) is 1.44. The van der Waals surface area contributed by atoms with Crippen LogP contribution in [-0.4, -0.2) is 12.6 Å². The summed E-state index contributed by atoms with van der Waals surface area (Å²) in [7, 11) is 0. The molecule has 0 aromatic rings. The van der Waals surface area contributed by atoms with Gasteiger partial charge in [-0.15, -0.1) is 0 Å². The molecule has 56 valence electrons. The van der Waals surface area contributed by atoms with Gasteiger partial charge in [-0.1, -0.05) is 12.2 Å². The predicted octanol–water partition coefficient (Wildman–Crippen LogP) is 1.70. The molecule has 1 fully saturated rings. The van der Waals surface area contributed by atoms with Gasteiger partial charge < -0.3 is 5.32 Å². The topological polar surface area (TPSA) is 12.0 Å². The molecule has 2 rings (SSSR count). The SMILES string of the molecule is C1=CCC(NCC2CC2)C1. The number of nitrogens with one attached hydrogen (secondary N) is 1. The third-order valence-electron chi connectivity index (χ3n) is 2.40. The van der Waals surface area contributed by atoms with Gasteiger partial charge >= 0.3 is 0 Å². The smallest absolute Gasteiger partial charge is 0.0136 e. The van der Waals surface area contributed by atoms with E-state index >= 15 is 0 Å². The van der Waals surface area contributed by atoms with Crippen LogP contribution in [-0.2, 0) is 0 Å². The summed E-state index contributed by atoms with van der Waals surface area (Å²) in [6.07, 6.45) is 10.0. The lowest BCUT2D eigenvalue weighted by molar-refractivity contribution is 0.519. The Morgan fingerprint density at radius 1 is 1.20 bits per heavy atom. The van der Waals surface area contributed by atoms with Crippen LogP contribution in [0.3, 0.4) is 0 Å². The Labute approximate surface area is 62.5 Å². The maximum Gasteiger partial charge on any atom is 0.0136 e. The van der Waals surface area contributed by atoms with Gasteiger partial charge in [0.1, 0.15) is 0 Å². The second kappa shape index (κ2) is 2.75. The van der Waals surface area contributed by atoms with Crippen LogP contribution in [0.5, 0.6) is 0 Å². The van der Waals surface area contributed by atoms with Crippen molar-refractivity contribution in [3.05, 3.63) is 12.2 Å². The lowest BCUT2D eigenvalue weighted by atomic mass is 10.2. The van der Waals surface area contributed by atoms with Gasteiger partial charge in [0.15, 0.2) is 0 Å². The van der Waals surface area contributed by atoms with Gasteiger partial charge in [-0.2, -0.15) is 0 Å². The van der Waals surface area contributed by atoms with Crippen molar-refractivity contribution in [3.63, 3.8) is 0 Å². The van der Waals surface area contributed by atoms with Crippen LogP contribution < -0.4 is 5.32 Å². The number of rotatable bonds is 3. The molecule has 0 aromatic carbocycles. The average molecular weight is 137 g/mol. The summed E-state index contributed by atoms with van der Waals surface area (Å²) in [5.74, 6) is 1.03. The van der Waals surface area contributed by atoms with Gasteiger partial charge in [0.25, 0.3) is 0 Å². The molecule has 1 saturated carbocycles. The fraction of sp³-hybridized carbons (Fsp3) is 0.778. The summed E-state index contributed by atoms with van der Waals surface area (Å²) in [5.41, 5.74) is 0. The third-order valence-corrected chi connectivity index (χ3v) is 2.40. The van der Waals surface area contributed by atoms with E-state index in [9.17, 15) is 0 Å². The van der Waals surface area contributed by atoms with Crippen LogP contribution in [0.4, 0.5) is 0 Å². The Bertz CT molecular complexity index is 128. The highest BCUT2D eigenvalue weighted by atomic mass is 14.9. The maximum absolute atomic E-state index is 3.58. The fourth-order valence-electron chi connectivity index (χ4n) is 1.44. The first kappa shape index (κ1) is 6.41. The molecule has 0 saturated heterocycles. The predicted molar refractivity (Wildman–Crippen MR) is 42.9 cm³/mol. The van der Waals surface area contributed by atoms with E-state index in [-0.39, 0.29) is 0 Å².